The van der Waals surface area contributed by atoms with Gasteiger partial charge in [0.05, 0.1) is 18.2 Å². The highest BCUT2D eigenvalue weighted by Gasteiger charge is 2.28. The monoisotopic (exact) mass is 311 g/mol. The molecule has 2 atom stereocenters. The smallest absolute Gasteiger partial charge is 0.414 e. The first-order valence-corrected chi connectivity index (χ1v) is 7.84. The topological polar surface area (TPSA) is 62.7 Å². The third kappa shape index (κ3) is 3.28. The van der Waals surface area contributed by atoms with Crippen LogP contribution in [0.25, 0.3) is 10.8 Å². The number of nitrogens with zero attached hydrogens (tertiary/aromatic N) is 1. The van der Waals surface area contributed by atoms with Crippen LogP contribution in [0.4, 0.5) is 4.79 Å². The first-order chi connectivity index (χ1) is 11.0. The average Bonchev–Trinajstić information content (AvgIpc) is 2.86. The summed E-state index contributed by atoms with van der Waals surface area (Å²) >= 11 is 0. The number of hydrogen-bond donors (Lipinski definition) is 2. The van der Waals surface area contributed by atoms with Gasteiger partial charge in [0.1, 0.15) is 0 Å². The van der Waals surface area contributed by atoms with E-state index >= 15 is 0 Å². The fourth-order valence-electron chi connectivity index (χ4n) is 2.85. The SMILES string of the molecule is CC(C)OC(=O)NC1=NC(C)C(c2cccc3ccccc23)N1. The largest absolute Gasteiger partial charge is 0.447 e. The highest BCUT2D eigenvalue weighted by atomic mass is 16.6. The molecule has 0 radical (unpaired) electrons. The van der Waals surface area contributed by atoms with E-state index in [2.05, 4.69) is 39.9 Å². The summed E-state index contributed by atoms with van der Waals surface area (Å²) in [4.78, 5) is 16.2. The Hall–Kier alpha value is -2.56. The molecule has 0 spiro atoms. The average molecular weight is 311 g/mol. The number of benzene rings is 2. The summed E-state index contributed by atoms with van der Waals surface area (Å²) < 4.78 is 5.09. The lowest BCUT2D eigenvalue weighted by molar-refractivity contribution is 0.120. The van der Waals surface area contributed by atoms with Crippen LogP contribution in [-0.4, -0.2) is 24.2 Å². The lowest BCUT2D eigenvalue weighted by Gasteiger charge is -2.18. The van der Waals surface area contributed by atoms with Crippen LogP contribution >= 0.6 is 0 Å². The third-order valence-corrected chi connectivity index (χ3v) is 3.83. The van der Waals surface area contributed by atoms with E-state index in [1.54, 1.807) is 0 Å². The van der Waals surface area contributed by atoms with Crippen LogP contribution in [0.3, 0.4) is 0 Å². The second kappa shape index (κ2) is 6.28. The number of hydrogen-bond acceptors (Lipinski definition) is 4. The molecule has 120 valence electrons. The van der Waals surface area contributed by atoms with Crippen molar-refractivity contribution in [2.24, 2.45) is 4.99 Å². The molecule has 2 unspecified atom stereocenters. The molecule has 0 fully saturated rings. The predicted octanol–water partition coefficient (Wildman–Crippen LogP) is 3.36. The lowest BCUT2D eigenvalue weighted by atomic mass is 9.95. The maximum atomic E-state index is 11.7. The first kappa shape index (κ1) is 15.3. The van der Waals surface area contributed by atoms with E-state index in [0.29, 0.717) is 5.96 Å². The number of carbonyl (C=O) groups excluding carboxylic acids is 1. The van der Waals surface area contributed by atoms with Crippen LogP contribution in [0.2, 0.25) is 0 Å². The van der Waals surface area contributed by atoms with Gasteiger partial charge in [-0.05, 0) is 37.1 Å². The standard InChI is InChI=1S/C18H21N3O2/c1-11(2)23-18(22)21-17-19-12(3)16(20-17)15-10-6-8-13-7-4-5-9-14(13)15/h4-12,16H,1-3H3,(H2,19,20,21,22). The first-order valence-electron chi connectivity index (χ1n) is 7.84. The molecule has 2 aromatic carbocycles. The van der Waals surface area contributed by atoms with Gasteiger partial charge in [-0.15, -0.1) is 0 Å². The second-order valence-corrected chi connectivity index (χ2v) is 5.99. The van der Waals surface area contributed by atoms with Crippen molar-refractivity contribution in [2.75, 3.05) is 0 Å². The Morgan fingerprint density at radius 3 is 2.74 bits per heavy atom. The quantitative estimate of drug-likeness (QED) is 0.894. The summed E-state index contributed by atoms with van der Waals surface area (Å²) in [6, 6.07) is 14.6. The molecule has 1 heterocycles. The van der Waals surface area contributed by atoms with Gasteiger partial charge in [-0.3, -0.25) is 5.32 Å². The minimum absolute atomic E-state index is 0.0233. The van der Waals surface area contributed by atoms with E-state index in [1.165, 1.54) is 16.3 Å². The van der Waals surface area contributed by atoms with Crippen molar-refractivity contribution in [3.8, 4) is 0 Å². The zero-order valence-corrected chi connectivity index (χ0v) is 13.5. The number of ether oxygens (including phenoxy) is 1. The molecule has 1 amide bonds. The van der Waals surface area contributed by atoms with Crippen molar-refractivity contribution in [2.45, 2.75) is 39.0 Å². The number of amides is 1. The van der Waals surface area contributed by atoms with Crippen molar-refractivity contribution in [1.29, 1.82) is 0 Å². The summed E-state index contributed by atoms with van der Waals surface area (Å²) in [5.74, 6) is 0.459. The highest BCUT2D eigenvalue weighted by Crippen LogP contribution is 2.29. The van der Waals surface area contributed by atoms with Crippen LogP contribution in [0.1, 0.15) is 32.4 Å². The Morgan fingerprint density at radius 2 is 1.96 bits per heavy atom. The number of fused-ring (bicyclic) bond motifs is 1. The number of guanidine groups is 1. The van der Waals surface area contributed by atoms with E-state index in [0.717, 1.165) is 0 Å². The number of alkyl carbamates (subject to hydrolysis) is 1. The van der Waals surface area contributed by atoms with Crippen molar-refractivity contribution >= 4 is 22.8 Å². The minimum atomic E-state index is -0.489. The van der Waals surface area contributed by atoms with E-state index in [1.807, 2.05) is 39.0 Å². The molecule has 1 aliphatic rings. The van der Waals surface area contributed by atoms with Gasteiger partial charge in [-0.1, -0.05) is 42.5 Å². The molecule has 0 saturated heterocycles. The summed E-state index contributed by atoms with van der Waals surface area (Å²) in [6.07, 6.45) is -0.652. The number of rotatable bonds is 2. The molecule has 5 nitrogen and oxygen atoms in total. The van der Waals surface area contributed by atoms with Crippen LogP contribution in [-0.2, 0) is 4.74 Å². The maximum absolute atomic E-state index is 11.7. The lowest BCUT2D eigenvalue weighted by Crippen LogP contribution is -2.40. The fourth-order valence-corrected chi connectivity index (χ4v) is 2.85. The van der Waals surface area contributed by atoms with Gasteiger partial charge in [0.2, 0.25) is 5.96 Å². The summed E-state index contributed by atoms with van der Waals surface area (Å²) in [5.41, 5.74) is 1.17. The Balaban J connectivity index is 1.79. The van der Waals surface area contributed by atoms with Gasteiger partial charge in [0, 0.05) is 0 Å². The molecule has 0 bridgehead atoms. The van der Waals surface area contributed by atoms with Gasteiger partial charge in [0.15, 0.2) is 0 Å². The Labute approximate surface area is 135 Å². The summed E-state index contributed by atoms with van der Waals surface area (Å²) in [7, 11) is 0. The zero-order chi connectivity index (χ0) is 16.4. The van der Waals surface area contributed by atoms with Gasteiger partial charge in [-0.25, -0.2) is 9.79 Å². The Morgan fingerprint density at radius 1 is 1.22 bits per heavy atom. The van der Waals surface area contributed by atoms with Crippen LogP contribution < -0.4 is 10.6 Å². The number of aliphatic imine (C=N–C) groups is 1. The van der Waals surface area contributed by atoms with Crippen molar-refractivity contribution in [3.05, 3.63) is 48.0 Å². The van der Waals surface area contributed by atoms with Gasteiger partial charge in [0.25, 0.3) is 0 Å². The molecule has 0 aliphatic carbocycles. The summed E-state index contributed by atoms with van der Waals surface area (Å²) in [5, 5.41) is 8.35. The minimum Gasteiger partial charge on any atom is -0.447 e. The fraction of sp³-hybridized carbons (Fsp3) is 0.333. The van der Waals surface area contributed by atoms with Crippen LogP contribution in [0, 0.1) is 0 Å². The van der Waals surface area contributed by atoms with Crippen molar-refractivity contribution in [3.63, 3.8) is 0 Å². The van der Waals surface area contributed by atoms with E-state index in [-0.39, 0.29) is 18.2 Å². The van der Waals surface area contributed by atoms with Gasteiger partial charge < -0.3 is 10.1 Å². The molecule has 3 rings (SSSR count). The third-order valence-electron chi connectivity index (χ3n) is 3.83. The van der Waals surface area contributed by atoms with E-state index in [9.17, 15) is 4.79 Å². The molecule has 0 saturated carbocycles. The Bertz CT molecular complexity index is 750. The normalized spacial score (nSPS) is 20.3. The molecule has 23 heavy (non-hydrogen) atoms. The maximum Gasteiger partial charge on any atom is 0.414 e. The molecule has 1 aliphatic heterocycles. The summed E-state index contributed by atoms with van der Waals surface area (Å²) in [6.45, 7) is 5.65. The van der Waals surface area contributed by atoms with Crippen molar-refractivity contribution < 1.29 is 9.53 Å². The highest BCUT2D eigenvalue weighted by molar-refractivity contribution is 5.96. The molecular formula is C18H21N3O2. The van der Waals surface area contributed by atoms with Gasteiger partial charge >= 0.3 is 6.09 Å². The number of carbonyl (C=O) groups is 1. The second-order valence-electron chi connectivity index (χ2n) is 5.99. The molecule has 2 N–H and O–H groups in total. The Kier molecular flexibility index (Phi) is 4.19. The molecule has 2 aromatic rings. The van der Waals surface area contributed by atoms with Crippen LogP contribution in [0.15, 0.2) is 47.5 Å². The van der Waals surface area contributed by atoms with E-state index < -0.39 is 6.09 Å². The van der Waals surface area contributed by atoms with Crippen molar-refractivity contribution in [1.82, 2.24) is 10.6 Å². The number of nitrogens with one attached hydrogen (secondary N) is 2. The molecule has 0 aromatic heterocycles. The molecule has 5 heteroatoms. The van der Waals surface area contributed by atoms with Crippen LogP contribution in [0.5, 0.6) is 0 Å². The van der Waals surface area contributed by atoms with Gasteiger partial charge in [-0.2, -0.15) is 0 Å². The van der Waals surface area contributed by atoms with E-state index in [4.69, 9.17) is 4.74 Å². The predicted molar refractivity (Wildman–Crippen MR) is 91.5 cm³/mol. The zero-order valence-electron chi connectivity index (χ0n) is 13.5. The molecular weight excluding hydrogens is 290 g/mol.